The molecule has 0 unspecified atom stereocenters. The molecule has 2 heterocycles. The van der Waals surface area contributed by atoms with Gasteiger partial charge < -0.3 is 5.32 Å². The van der Waals surface area contributed by atoms with Gasteiger partial charge in [0.15, 0.2) is 0 Å². The number of para-hydroxylation sites is 1. The van der Waals surface area contributed by atoms with Crippen molar-refractivity contribution in [1.29, 1.82) is 0 Å². The van der Waals surface area contributed by atoms with E-state index in [1.807, 2.05) is 44.2 Å². The fourth-order valence-corrected chi connectivity index (χ4v) is 6.38. The van der Waals surface area contributed by atoms with Gasteiger partial charge in [0, 0.05) is 24.7 Å². The van der Waals surface area contributed by atoms with E-state index in [2.05, 4.69) is 15.5 Å². The first-order chi connectivity index (χ1) is 14.8. The van der Waals surface area contributed by atoms with Crippen molar-refractivity contribution in [2.45, 2.75) is 37.5 Å². The summed E-state index contributed by atoms with van der Waals surface area (Å²) < 4.78 is 28.0. The summed E-state index contributed by atoms with van der Waals surface area (Å²) in [6.45, 7) is 4.59. The minimum Gasteiger partial charge on any atom is -0.320 e. The van der Waals surface area contributed by atoms with Crippen molar-refractivity contribution in [1.82, 2.24) is 14.5 Å². The third-order valence-corrected chi connectivity index (χ3v) is 8.46. The first kappa shape index (κ1) is 21.6. The molecule has 1 aliphatic rings. The van der Waals surface area contributed by atoms with Crippen LogP contribution < -0.4 is 5.32 Å². The number of benzene rings is 2. The van der Waals surface area contributed by atoms with Gasteiger partial charge in [-0.15, -0.1) is 10.2 Å². The van der Waals surface area contributed by atoms with E-state index >= 15 is 0 Å². The number of hydrogen-bond donors (Lipinski definition) is 1. The Bertz CT molecular complexity index is 1190. The molecule has 0 radical (unpaired) electrons. The van der Waals surface area contributed by atoms with Gasteiger partial charge in [-0.25, -0.2) is 8.42 Å². The van der Waals surface area contributed by atoms with Gasteiger partial charge in [0.25, 0.3) is 5.91 Å². The van der Waals surface area contributed by atoms with Crippen LogP contribution in [0.2, 0.25) is 0 Å². The Kier molecular flexibility index (Phi) is 6.17. The number of aromatic nitrogens is 2. The molecule has 162 valence electrons. The maximum Gasteiger partial charge on any atom is 0.286 e. The van der Waals surface area contributed by atoms with E-state index in [9.17, 15) is 13.2 Å². The molecule has 4 rings (SSSR count). The van der Waals surface area contributed by atoms with E-state index in [4.69, 9.17) is 0 Å². The van der Waals surface area contributed by atoms with Crippen LogP contribution in [0.1, 0.15) is 44.7 Å². The van der Waals surface area contributed by atoms with Gasteiger partial charge in [0.05, 0.1) is 4.90 Å². The minimum atomic E-state index is -3.59. The fourth-order valence-electron chi connectivity index (χ4n) is 3.79. The van der Waals surface area contributed by atoms with Crippen LogP contribution in [0.3, 0.4) is 0 Å². The van der Waals surface area contributed by atoms with Gasteiger partial charge in [0.1, 0.15) is 5.01 Å². The molecule has 1 aromatic heterocycles. The Balaban J connectivity index is 1.49. The molecule has 7 nitrogen and oxygen atoms in total. The van der Waals surface area contributed by atoms with Gasteiger partial charge in [-0.2, -0.15) is 4.31 Å². The number of nitrogens with zero attached hydrogens (tertiary/aromatic N) is 3. The Morgan fingerprint density at radius 3 is 2.65 bits per heavy atom. The number of rotatable bonds is 5. The molecule has 1 N–H and O–H groups in total. The zero-order valence-corrected chi connectivity index (χ0v) is 19.0. The zero-order chi connectivity index (χ0) is 22.0. The highest BCUT2D eigenvalue weighted by Gasteiger charge is 2.33. The fraction of sp³-hybridized carbons (Fsp3) is 0.318. The number of aryl methyl sites for hydroxylation is 2. The van der Waals surface area contributed by atoms with Crippen LogP contribution in [0.15, 0.2) is 53.4 Å². The molecule has 1 atom stereocenters. The van der Waals surface area contributed by atoms with Crippen molar-refractivity contribution in [3.63, 3.8) is 0 Å². The summed E-state index contributed by atoms with van der Waals surface area (Å²) in [7, 11) is -3.59. The Morgan fingerprint density at radius 2 is 1.90 bits per heavy atom. The highest BCUT2D eigenvalue weighted by Crippen LogP contribution is 2.32. The lowest BCUT2D eigenvalue weighted by Crippen LogP contribution is -2.39. The number of sulfonamides is 1. The molecule has 9 heteroatoms. The predicted octanol–water partition coefficient (Wildman–Crippen LogP) is 3.98. The lowest BCUT2D eigenvalue weighted by Gasteiger charge is -2.31. The first-order valence-corrected chi connectivity index (χ1v) is 12.4. The molecule has 0 aliphatic carbocycles. The summed E-state index contributed by atoms with van der Waals surface area (Å²) >= 11 is 1.22. The molecule has 0 bridgehead atoms. The largest absolute Gasteiger partial charge is 0.320 e. The van der Waals surface area contributed by atoms with E-state index in [1.54, 1.807) is 18.2 Å². The number of anilines is 1. The van der Waals surface area contributed by atoms with Crippen molar-refractivity contribution >= 4 is 33.0 Å². The standard InChI is InChI=1S/C22H24N4O3S2/c1-15-10-11-19(16(2)13-15)31(28,29)26-12-6-7-17(14-26)21-24-25-22(30-21)20(27)23-18-8-4-3-5-9-18/h3-5,8-11,13,17H,6-7,12,14H2,1-2H3,(H,23,27)/t17-/m1/s1. The molecular weight excluding hydrogens is 432 g/mol. The van der Waals surface area contributed by atoms with E-state index < -0.39 is 10.0 Å². The third kappa shape index (κ3) is 4.68. The van der Waals surface area contributed by atoms with Crippen LogP contribution in [0.25, 0.3) is 0 Å². The second-order valence-corrected chi connectivity index (χ2v) is 10.7. The van der Waals surface area contributed by atoms with Crippen LogP contribution in [0.4, 0.5) is 5.69 Å². The number of hydrogen-bond acceptors (Lipinski definition) is 6. The summed E-state index contributed by atoms with van der Waals surface area (Å²) in [5, 5.41) is 12.0. The number of carbonyl (C=O) groups excluding carboxylic acids is 1. The Labute approximate surface area is 186 Å². The molecule has 1 fully saturated rings. The number of carbonyl (C=O) groups is 1. The average molecular weight is 457 g/mol. The molecule has 2 aromatic carbocycles. The van der Waals surface area contributed by atoms with Crippen molar-refractivity contribution < 1.29 is 13.2 Å². The van der Waals surface area contributed by atoms with Gasteiger partial charge in [-0.05, 0) is 50.5 Å². The molecule has 3 aromatic rings. The van der Waals surface area contributed by atoms with Crippen molar-refractivity contribution in [3.05, 3.63) is 69.7 Å². The maximum atomic E-state index is 13.2. The quantitative estimate of drug-likeness (QED) is 0.627. The summed E-state index contributed by atoms with van der Waals surface area (Å²) in [6.07, 6.45) is 1.55. The normalized spacial score (nSPS) is 17.4. The Hall–Kier alpha value is -2.62. The van der Waals surface area contributed by atoms with Gasteiger partial charge >= 0.3 is 0 Å². The Morgan fingerprint density at radius 1 is 1.13 bits per heavy atom. The third-order valence-electron chi connectivity index (χ3n) is 5.35. The number of nitrogens with one attached hydrogen (secondary N) is 1. The second-order valence-electron chi connectivity index (χ2n) is 7.74. The molecule has 31 heavy (non-hydrogen) atoms. The summed E-state index contributed by atoms with van der Waals surface area (Å²) in [5.41, 5.74) is 2.47. The summed E-state index contributed by atoms with van der Waals surface area (Å²) in [4.78, 5) is 12.8. The monoisotopic (exact) mass is 456 g/mol. The lowest BCUT2D eigenvalue weighted by molar-refractivity contribution is 0.102. The van der Waals surface area contributed by atoms with Gasteiger partial charge in [-0.1, -0.05) is 47.2 Å². The lowest BCUT2D eigenvalue weighted by atomic mass is 10.0. The van der Waals surface area contributed by atoms with Crippen molar-refractivity contribution in [2.24, 2.45) is 0 Å². The summed E-state index contributed by atoms with van der Waals surface area (Å²) in [6, 6.07) is 14.6. The van der Waals surface area contributed by atoms with Crippen LogP contribution >= 0.6 is 11.3 Å². The van der Waals surface area contributed by atoms with Crippen molar-refractivity contribution in [2.75, 3.05) is 18.4 Å². The minimum absolute atomic E-state index is 0.0787. The predicted molar refractivity (Wildman–Crippen MR) is 121 cm³/mol. The smallest absolute Gasteiger partial charge is 0.286 e. The highest BCUT2D eigenvalue weighted by molar-refractivity contribution is 7.89. The van der Waals surface area contributed by atoms with E-state index in [0.717, 1.165) is 24.0 Å². The number of amides is 1. The van der Waals surface area contributed by atoms with Crippen LogP contribution in [0, 0.1) is 13.8 Å². The summed E-state index contributed by atoms with van der Waals surface area (Å²) in [5.74, 6) is -0.393. The average Bonchev–Trinajstić information content (AvgIpc) is 3.25. The molecule has 0 spiro atoms. The van der Waals surface area contributed by atoms with E-state index in [-0.39, 0.29) is 16.8 Å². The topological polar surface area (TPSA) is 92.3 Å². The molecule has 0 saturated carbocycles. The molecule has 1 saturated heterocycles. The van der Waals surface area contributed by atoms with Gasteiger partial charge in [-0.3, -0.25) is 4.79 Å². The van der Waals surface area contributed by atoms with E-state index in [0.29, 0.717) is 28.7 Å². The van der Waals surface area contributed by atoms with Crippen LogP contribution in [-0.2, 0) is 10.0 Å². The maximum absolute atomic E-state index is 13.2. The van der Waals surface area contributed by atoms with Crippen LogP contribution in [0.5, 0.6) is 0 Å². The van der Waals surface area contributed by atoms with Crippen molar-refractivity contribution in [3.8, 4) is 0 Å². The zero-order valence-electron chi connectivity index (χ0n) is 17.4. The number of piperidine rings is 1. The van der Waals surface area contributed by atoms with Gasteiger partial charge in [0.2, 0.25) is 15.0 Å². The van der Waals surface area contributed by atoms with E-state index in [1.165, 1.54) is 15.6 Å². The molecular formula is C22H24N4O3S2. The first-order valence-electron chi connectivity index (χ1n) is 10.1. The molecule has 1 amide bonds. The highest BCUT2D eigenvalue weighted by atomic mass is 32.2. The second kappa shape index (κ2) is 8.86. The van der Waals surface area contributed by atoms with Crippen LogP contribution in [-0.4, -0.2) is 41.9 Å². The molecule has 1 aliphatic heterocycles. The SMILES string of the molecule is Cc1ccc(S(=O)(=O)N2CCC[C@@H](c3nnc(C(=O)Nc4ccccc4)s3)C2)c(C)c1.